The van der Waals surface area contributed by atoms with Crippen LogP contribution < -0.4 is 0 Å². The van der Waals surface area contributed by atoms with E-state index >= 15 is 0 Å². The molecule has 0 fully saturated rings. The third-order valence-corrected chi connectivity index (χ3v) is 2.48. The highest BCUT2D eigenvalue weighted by atomic mass is 16.6. The lowest BCUT2D eigenvalue weighted by molar-refractivity contribution is -0.153. The van der Waals surface area contributed by atoms with Crippen LogP contribution in [0.1, 0.15) is 51.9 Å². The summed E-state index contributed by atoms with van der Waals surface area (Å²) in [6, 6.07) is 0. The van der Waals surface area contributed by atoms with E-state index in [0.717, 1.165) is 25.7 Å². The van der Waals surface area contributed by atoms with Crippen molar-refractivity contribution in [3.05, 3.63) is 11.7 Å². The lowest BCUT2D eigenvalue weighted by Gasteiger charge is -2.13. The molecule has 0 saturated carbocycles. The molecule has 1 rings (SSSR count). The van der Waals surface area contributed by atoms with Crippen LogP contribution in [0.2, 0.25) is 0 Å². The third kappa shape index (κ3) is 4.89. The summed E-state index contributed by atoms with van der Waals surface area (Å²) in [6.45, 7) is 2.09. The molecule has 0 aromatic heterocycles. The molecule has 5 heteroatoms. The van der Waals surface area contributed by atoms with E-state index in [-0.39, 0.29) is 18.6 Å². The molecular formula is C12H18O5. The summed E-state index contributed by atoms with van der Waals surface area (Å²) >= 11 is 0. The first kappa shape index (κ1) is 13.5. The third-order valence-electron chi connectivity index (χ3n) is 2.48. The van der Waals surface area contributed by atoms with E-state index in [1.54, 1.807) is 0 Å². The number of allylic oxidation sites excluding steroid dienone is 1. The summed E-state index contributed by atoms with van der Waals surface area (Å²) < 4.78 is 9.57. The van der Waals surface area contributed by atoms with Crippen LogP contribution in [0.5, 0.6) is 0 Å². The minimum Gasteiger partial charge on any atom is -0.478 e. The number of aliphatic hydroxyl groups is 1. The fraction of sp³-hybridized carbons (Fsp3) is 0.667. The fourth-order valence-corrected chi connectivity index (χ4v) is 1.52. The first-order valence-electron chi connectivity index (χ1n) is 5.97. The smallest absolute Gasteiger partial charge is 0.325 e. The molecule has 0 bridgehead atoms. The van der Waals surface area contributed by atoms with Crippen LogP contribution in [-0.2, 0) is 19.1 Å². The maximum Gasteiger partial charge on any atom is 0.325 e. The molecule has 0 aromatic rings. The van der Waals surface area contributed by atoms with E-state index in [4.69, 9.17) is 4.74 Å². The van der Waals surface area contributed by atoms with E-state index in [9.17, 15) is 14.7 Å². The molecule has 0 radical (unpaired) electrons. The van der Waals surface area contributed by atoms with Gasteiger partial charge in [0.25, 0.3) is 0 Å². The Kier molecular flexibility index (Phi) is 5.52. The Bertz CT molecular complexity index is 319. The number of rotatable bonds is 5. The summed E-state index contributed by atoms with van der Waals surface area (Å²) in [7, 11) is 0. The van der Waals surface area contributed by atoms with Gasteiger partial charge in [0.2, 0.25) is 0 Å². The van der Waals surface area contributed by atoms with Crippen molar-refractivity contribution < 1.29 is 24.2 Å². The van der Waals surface area contributed by atoms with Gasteiger partial charge in [-0.3, -0.25) is 9.59 Å². The van der Waals surface area contributed by atoms with Gasteiger partial charge < -0.3 is 14.6 Å². The molecule has 0 amide bonds. The second-order valence-electron chi connectivity index (χ2n) is 3.99. The highest BCUT2D eigenvalue weighted by Crippen LogP contribution is 2.19. The number of carbonyl (C=O) groups is 2. The zero-order valence-electron chi connectivity index (χ0n) is 10.0. The van der Waals surface area contributed by atoms with Gasteiger partial charge in [0.15, 0.2) is 5.76 Å². The minimum absolute atomic E-state index is 0.00935. The number of hydrogen-bond donors (Lipinski definition) is 1. The summed E-state index contributed by atoms with van der Waals surface area (Å²) in [5.74, 6) is -1.61. The second kappa shape index (κ2) is 6.93. The van der Waals surface area contributed by atoms with Gasteiger partial charge in [-0.25, -0.2) is 0 Å². The van der Waals surface area contributed by atoms with Crippen LogP contribution in [0.25, 0.3) is 0 Å². The number of unbranched alkanes of at least 4 members (excludes halogenated alkanes) is 3. The predicted octanol–water partition coefficient (Wildman–Crippen LogP) is 2.56. The van der Waals surface area contributed by atoms with Crippen molar-refractivity contribution in [3.63, 3.8) is 0 Å². The Morgan fingerprint density at radius 2 is 1.71 bits per heavy atom. The maximum atomic E-state index is 11.3. The molecule has 1 aliphatic heterocycles. The average Bonchev–Trinajstić information content (AvgIpc) is 2.29. The molecule has 0 saturated heterocycles. The van der Waals surface area contributed by atoms with Crippen LogP contribution in [-0.4, -0.2) is 17.0 Å². The quantitative estimate of drug-likeness (QED) is 0.592. The molecule has 0 aromatic carbocycles. The topological polar surface area (TPSA) is 72.8 Å². The number of carbonyl (C=O) groups excluding carboxylic acids is 2. The number of esters is 2. The van der Waals surface area contributed by atoms with Crippen LogP contribution in [0.15, 0.2) is 11.7 Å². The second-order valence-corrected chi connectivity index (χ2v) is 3.99. The van der Waals surface area contributed by atoms with Crippen molar-refractivity contribution in [1.29, 1.82) is 0 Å². The highest BCUT2D eigenvalue weighted by molar-refractivity contribution is 5.79. The average molecular weight is 242 g/mol. The summed E-state index contributed by atoms with van der Waals surface area (Å²) in [5.41, 5.74) is 0. The lowest BCUT2D eigenvalue weighted by Crippen LogP contribution is -2.16. The molecule has 0 unspecified atom stereocenters. The predicted molar refractivity (Wildman–Crippen MR) is 59.8 cm³/mol. The Balaban J connectivity index is 2.56. The summed E-state index contributed by atoms with van der Waals surface area (Å²) in [6.07, 6.45) is 4.29. The van der Waals surface area contributed by atoms with Crippen molar-refractivity contribution in [2.45, 2.75) is 51.9 Å². The van der Waals surface area contributed by atoms with Gasteiger partial charge in [0.05, 0.1) is 12.8 Å². The molecule has 17 heavy (non-hydrogen) atoms. The maximum absolute atomic E-state index is 11.3. The van der Waals surface area contributed by atoms with Crippen LogP contribution >= 0.6 is 0 Å². The first-order valence-corrected chi connectivity index (χ1v) is 5.97. The molecule has 0 spiro atoms. The van der Waals surface area contributed by atoms with Gasteiger partial charge in [0, 0.05) is 6.42 Å². The molecule has 5 nitrogen and oxygen atoms in total. The van der Waals surface area contributed by atoms with E-state index in [2.05, 4.69) is 11.7 Å². The zero-order valence-corrected chi connectivity index (χ0v) is 10.0. The first-order chi connectivity index (χ1) is 8.13. The van der Waals surface area contributed by atoms with Gasteiger partial charge in [-0.2, -0.15) is 0 Å². The van der Waals surface area contributed by atoms with Gasteiger partial charge in [-0.15, -0.1) is 0 Å². The van der Waals surface area contributed by atoms with Crippen molar-refractivity contribution >= 4 is 11.9 Å². The van der Waals surface area contributed by atoms with Crippen LogP contribution in [0.4, 0.5) is 0 Å². The Hall–Kier alpha value is -1.52. The number of cyclic esters (lactones) is 2. The molecule has 1 heterocycles. The Morgan fingerprint density at radius 3 is 2.35 bits per heavy atom. The molecule has 1 aliphatic rings. The Labute approximate surface area is 100 Å². The van der Waals surface area contributed by atoms with Crippen molar-refractivity contribution in [3.8, 4) is 0 Å². The molecule has 1 N–H and O–H groups in total. The van der Waals surface area contributed by atoms with Gasteiger partial charge in [-0.1, -0.05) is 26.2 Å². The molecular weight excluding hydrogens is 224 g/mol. The summed E-state index contributed by atoms with van der Waals surface area (Å²) in [4.78, 5) is 22.3. The van der Waals surface area contributed by atoms with E-state index in [1.165, 1.54) is 0 Å². The highest BCUT2D eigenvalue weighted by Gasteiger charge is 2.21. The fourth-order valence-electron chi connectivity index (χ4n) is 1.52. The van der Waals surface area contributed by atoms with Gasteiger partial charge >= 0.3 is 17.9 Å². The number of ether oxygens (including phenoxy) is 2. The zero-order chi connectivity index (χ0) is 12.7. The van der Waals surface area contributed by atoms with Crippen LogP contribution in [0, 0.1) is 0 Å². The minimum atomic E-state index is -0.606. The molecule has 0 atom stereocenters. The molecule has 0 aliphatic carbocycles. The van der Waals surface area contributed by atoms with E-state index in [1.807, 2.05) is 0 Å². The summed E-state index contributed by atoms with van der Waals surface area (Å²) in [5, 5.41) is 9.48. The van der Waals surface area contributed by atoms with Crippen molar-refractivity contribution in [2.24, 2.45) is 0 Å². The lowest BCUT2D eigenvalue weighted by atomic mass is 10.1. The number of hydrogen-bond acceptors (Lipinski definition) is 5. The van der Waals surface area contributed by atoms with Crippen LogP contribution in [0.3, 0.4) is 0 Å². The van der Waals surface area contributed by atoms with Crippen molar-refractivity contribution in [1.82, 2.24) is 0 Å². The SMILES string of the molecule is CCCCCC/C1=C(\O)OC(=O)CCC(=O)O1. The normalized spacial score (nSPS) is 21.5. The monoisotopic (exact) mass is 242 g/mol. The van der Waals surface area contributed by atoms with Gasteiger partial charge in [0.1, 0.15) is 0 Å². The largest absolute Gasteiger partial charge is 0.478 e. The van der Waals surface area contributed by atoms with E-state index < -0.39 is 17.9 Å². The van der Waals surface area contributed by atoms with E-state index in [0.29, 0.717) is 6.42 Å². The van der Waals surface area contributed by atoms with Crippen molar-refractivity contribution in [2.75, 3.05) is 0 Å². The van der Waals surface area contributed by atoms with Gasteiger partial charge in [-0.05, 0) is 6.42 Å². The number of aliphatic hydroxyl groups excluding tert-OH is 1. The molecule has 96 valence electrons. The standard InChI is InChI=1S/C12H18O5/c1-2-3-4-5-6-9-12(15)17-11(14)8-7-10(13)16-9/h15H,2-8H2,1H3/b12-9-. The Morgan fingerprint density at radius 1 is 1.06 bits per heavy atom.